The van der Waals surface area contributed by atoms with Crippen LogP contribution in [0.1, 0.15) is 16.1 Å². The van der Waals surface area contributed by atoms with Gasteiger partial charge in [-0.2, -0.15) is 13.2 Å². The maximum atomic E-state index is 13.0. The molecule has 130 valence electrons. The fraction of sp³-hybridized carbons (Fsp3) is 0.0667. The second-order valence-electron chi connectivity index (χ2n) is 4.92. The summed E-state index contributed by atoms with van der Waals surface area (Å²) in [7, 11) is 0. The zero-order valence-electron chi connectivity index (χ0n) is 12.0. The Morgan fingerprint density at radius 3 is 2.32 bits per heavy atom. The van der Waals surface area contributed by atoms with Gasteiger partial charge in [0.15, 0.2) is 11.3 Å². The third-order valence-electron chi connectivity index (χ3n) is 3.30. The SMILES string of the molecule is O=C(Nc1cccn2c(Cl)c(C(F)(F)F)nc12)c1c(Cl)cccc1Cl. The highest BCUT2D eigenvalue weighted by molar-refractivity contribution is 6.40. The van der Waals surface area contributed by atoms with Crippen molar-refractivity contribution in [1.29, 1.82) is 0 Å². The number of carbonyl (C=O) groups excluding carboxylic acids is 1. The second kappa shape index (κ2) is 6.40. The molecule has 1 aromatic carbocycles. The molecule has 10 heteroatoms. The molecule has 0 atom stereocenters. The Bertz CT molecular complexity index is 965. The molecule has 3 aromatic rings. The number of aromatic nitrogens is 2. The predicted octanol–water partition coefficient (Wildman–Crippen LogP) is 5.57. The topological polar surface area (TPSA) is 46.4 Å². The van der Waals surface area contributed by atoms with E-state index in [4.69, 9.17) is 34.8 Å². The maximum absolute atomic E-state index is 13.0. The van der Waals surface area contributed by atoms with Crippen molar-refractivity contribution in [1.82, 2.24) is 9.38 Å². The lowest BCUT2D eigenvalue weighted by molar-refractivity contribution is -0.140. The van der Waals surface area contributed by atoms with Gasteiger partial charge in [-0.3, -0.25) is 9.20 Å². The highest BCUT2D eigenvalue weighted by Gasteiger charge is 2.38. The number of rotatable bonds is 2. The molecule has 0 aliphatic carbocycles. The first-order valence-corrected chi connectivity index (χ1v) is 7.82. The first-order chi connectivity index (χ1) is 11.7. The molecule has 1 amide bonds. The number of fused-ring (bicyclic) bond motifs is 1. The van der Waals surface area contributed by atoms with Crippen molar-refractivity contribution >= 4 is 52.0 Å². The van der Waals surface area contributed by atoms with Gasteiger partial charge in [0.2, 0.25) is 0 Å². The number of hydrogen-bond donors (Lipinski definition) is 1. The average molecular weight is 409 g/mol. The summed E-state index contributed by atoms with van der Waals surface area (Å²) in [5, 5.41) is 2.07. The van der Waals surface area contributed by atoms with Crippen LogP contribution in [-0.4, -0.2) is 15.3 Å². The molecule has 0 aliphatic rings. The number of nitrogens with one attached hydrogen (secondary N) is 1. The highest BCUT2D eigenvalue weighted by Crippen LogP contribution is 2.36. The Labute approximate surface area is 154 Å². The number of benzene rings is 1. The van der Waals surface area contributed by atoms with E-state index in [2.05, 4.69) is 10.3 Å². The summed E-state index contributed by atoms with van der Waals surface area (Å²) in [5.74, 6) is -0.684. The molecule has 0 saturated heterocycles. The third-order valence-corrected chi connectivity index (χ3v) is 4.29. The molecule has 2 heterocycles. The molecular weight excluding hydrogens is 402 g/mol. The summed E-state index contributed by atoms with van der Waals surface area (Å²) < 4.78 is 39.9. The first-order valence-electron chi connectivity index (χ1n) is 6.69. The minimum Gasteiger partial charge on any atom is -0.319 e. The van der Waals surface area contributed by atoms with Gasteiger partial charge in [0.1, 0.15) is 5.15 Å². The van der Waals surface area contributed by atoms with Gasteiger partial charge in [0.25, 0.3) is 5.91 Å². The Balaban J connectivity index is 2.07. The standard InChI is InChI=1S/C15H7Cl3F3N3O/c16-7-3-1-4-8(17)10(7)14(25)22-9-5-2-6-24-12(18)11(15(19,20)21)23-13(9)24/h1-6H,(H,22,25). The van der Waals surface area contributed by atoms with Gasteiger partial charge >= 0.3 is 6.18 Å². The number of anilines is 1. The van der Waals surface area contributed by atoms with E-state index in [1.807, 2.05) is 0 Å². The van der Waals surface area contributed by atoms with E-state index in [0.717, 1.165) is 4.40 Å². The van der Waals surface area contributed by atoms with E-state index in [-0.39, 0.29) is 26.9 Å². The number of halogens is 6. The molecule has 2 aromatic heterocycles. The van der Waals surface area contributed by atoms with Crippen LogP contribution < -0.4 is 5.32 Å². The fourth-order valence-corrected chi connectivity index (χ4v) is 3.07. The van der Waals surface area contributed by atoms with E-state index in [0.29, 0.717) is 0 Å². The van der Waals surface area contributed by atoms with Gasteiger partial charge < -0.3 is 5.32 Å². The van der Waals surface area contributed by atoms with Gasteiger partial charge in [-0.15, -0.1) is 0 Å². The van der Waals surface area contributed by atoms with Crippen LogP contribution in [0.5, 0.6) is 0 Å². The van der Waals surface area contributed by atoms with Gasteiger partial charge in [0, 0.05) is 6.20 Å². The number of nitrogens with zero attached hydrogens (tertiary/aromatic N) is 2. The quantitative estimate of drug-likeness (QED) is 0.603. The normalized spacial score (nSPS) is 11.8. The molecule has 0 unspecified atom stereocenters. The number of amides is 1. The molecule has 0 bridgehead atoms. The molecular formula is C15H7Cl3F3N3O. The Hall–Kier alpha value is -1.96. The van der Waals surface area contributed by atoms with Crippen LogP contribution in [0.2, 0.25) is 15.2 Å². The zero-order valence-corrected chi connectivity index (χ0v) is 14.3. The molecule has 1 N–H and O–H groups in total. The third kappa shape index (κ3) is 3.27. The number of alkyl halides is 3. The van der Waals surface area contributed by atoms with Crippen molar-refractivity contribution in [2.75, 3.05) is 5.32 Å². The summed E-state index contributed by atoms with van der Waals surface area (Å²) in [6.45, 7) is 0. The van der Waals surface area contributed by atoms with E-state index < -0.39 is 22.9 Å². The summed E-state index contributed by atoms with van der Waals surface area (Å²) in [4.78, 5) is 15.9. The van der Waals surface area contributed by atoms with E-state index in [1.54, 1.807) is 6.07 Å². The molecule has 0 radical (unpaired) electrons. The lowest BCUT2D eigenvalue weighted by Gasteiger charge is -2.09. The van der Waals surface area contributed by atoms with Crippen LogP contribution in [0.3, 0.4) is 0 Å². The molecule has 0 spiro atoms. The second-order valence-corrected chi connectivity index (χ2v) is 6.09. The van der Waals surface area contributed by atoms with Crippen molar-refractivity contribution in [3.8, 4) is 0 Å². The van der Waals surface area contributed by atoms with Crippen LogP contribution in [0.25, 0.3) is 5.65 Å². The van der Waals surface area contributed by atoms with Crippen molar-refractivity contribution in [2.24, 2.45) is 0 Å². The van der Waals surface area contributed by atoms with Crippen LogP contribution in [0, 0.1) is 0 Å². The molecule has 4 nitrogen and oxygen atoms in total. The van der Waals surface area contributed by atoms with Crippen molar-refractivity contribution < 1.29 is 18.0 Å². The van der Waals surface area contributed by atoms with Crippen molar-refractivity contribution in [3.63, 3.8) is 0 Å². The zero-order chi connectivity index (χ0) is 18.4. The molecule has 0 saturated carbocycles. The van der Waals surface area contributed by atoms with Crippen LogP contribution >= 0.6 is 34.8 Å². The Morgan fingerprint density at radius 1 is 1.08 bits per heavy atom. The lowest BCUT2D eigenvalue weighted by Crippen LogP contribution is -2.14. The number of carbonyl (C=O) groups is 1. The maximum Gasteiger partial charge on any atom is 0.436 e. The smallest absolute Gasteiger partial charge is 0.319 e. The number of pyridine rings is 1. The minimum atomic E-state index is -4.73. The number of hydrogen-bond acceptors (Lipinski definition) is 2. The minimum absolute atomic E-state index is 0.00142. The number of imidazole rings is 1. The molecule has 25 heavy (non-hydrogen) atoms. The van der Waals surface area contributed by atoms with Gasteiger partial charge in [-0.25, -0.2) is 4.98 Å². The first kappa shape index (κ1) is 17.8. The fourth-order valence-electron chi connectivity index (χ4n) is 2.22. The molecule has 0 fully saturated rings. The van der Waals surface area contributed by atoms with E-state index in [9.17, 15) is 18.0 Å². The van der Waals surface area contributed by atoms with Gasteiger partial charge in [-0.1, -0.05) is 40.9 Å². The lowest BCUT2D eigenvalue weighted by atomic mass is 10.2. The summed E-state index contributed by atoms with van der Waals surface area (Å²) in [6, 6.07) is 7.31. The summed E-state index contributed by atoms with van der Waals surface area (Å²) >= 11 is 17.7. The summed E-state index contributed by atoms with van der Waals surface area (Å²) in [6.07, 6.45) is -3.42. The van der Waals surface area contributed by atoms with Crippen molar-refractivity contribution in [2.45, 2.75) is 6.18 Å². The highest BCUT2D eigenvalue weighted by atomic mass is 35.5. The monoisotopic (exact) mass is 407 g/mol. The predicted molar refractivity (Wildman–Crippen MR) is 89.6 cm³/mol. The average Bonchev–Trinajstić information content (AvgIpc) is 2.86. The van der Waals surface area contributed by atoms with Gasteiger partial charge in [0.05, 0.1) is 21.3 Å². The van der Waals surface area contributed by atoms with Crippen LogP contribution in [0.4, 0.5) is 18.9 Å². The molecule has 0 aliphatic heterocycles. The van der Waals surface area contributed by atoms with Crippen LogP contribution in [-0.2, 0) is 6.18 Å². The largest absolute Gasteiger partial charge is 0.436 e. The van der Waals surface area contributed by atoms with E-state index in [1.165, 1.54) is 30.5 Å². The van der Waals surface area contributed by atoms with Crippen LogP contribution in [0.15, 0.2) is 36.5 Å². The van der Waals surface area contributed by atoms with Crippen molar-refractivity contribution in [3.05, 3.63) is 63.0 Å². The van der Waals surface area contributed by atoms with Gasteiger partial charge in [-0.05, 0) is 24.3 Å². The van der Waals surface area contributed by atoms with E-state index >= 15 is 0 Å². The molecule has 3 rings (SSSR count). The Morgan fingerprint density at radius 2 is 1.72 bits per heavy atom. The summed E-state index contributed by atoms with van der Waals surface area (Å²) in [5.41, 5.74) is -1.37. The Kier molecular flexibility index (Phi) is 4.57.